The number of carbonyl (C=O) groups is 1. The lowest BCUT2D eigenvalue weighted by atomic mass is 10.1. The summed E-state index contributed by atoms with van der Waals surface area (Å²) in [4.78, 5) is 12.1. The molecule has 5 heteroatoms. The summed E-state index contributed by atoms with van der Waals surface area (Å²) < 4.78 is 5.18. The normalized spacial score (nSPS) is 9.48. The molecule has 0 radical (unpaired) electrons. The quantitative estimate of drug-likeness (QED) is 0.532. The Morgan fingerprint density at radius 1 is 1.13 bits per heavy atom. The molecule has 0 aliphatic carbocycles. The summed E-state index contributed by atoms with van der Waals surface area (Å²) in [6, 6.07) is 12.7. The zero-order chi connectivity index (χ0) is 16.8. The summed E-state index contributed by atoms with van der Waals surface area (Å²) in [6.07, 6.45) is 2.45. The summed E-state index contributed by atoms with van der Waals surface area (Å²) in [7, 11) is 0. The second-order valence-electron chi connectivity index (χ2n) is 4.64. The minimum absolute atomic E-state index is 0.0676. The van der Waals surface area contributed by atoms with E-state index in [1.807, 2.05) is 0 Å². The van der Waals surface area contributed by atoms with Crippen LogP contribution in [0.25, 0.3) is 0 Å². The molecule has 0 saturated heterocycles. The minimum Gasteiger partial charge on any atom is -0.507 e. The number of rotatable bonds is 4. The van der Waals surface area contributed by atoms with Crippen molar-refractivity contribution in [3.63, 3.8) is 0 Å². The van der Waals surface area contributed by atoms with Gasteiger partial charge >= 0.3 is 5.97 Å². The fourth-order valence-corrected chi connectivity index (χ4v) is 1.98. The highest BCUT2D eigenvalue weighted by atomic mass is 16.5. The van der Waals surface area contributed by atoms with Gasteiger partial charge in [0.2, 0.25) is 0 Å². The molecule has 0 amide bonds. The monoisotopic (exact) mass is 304 g/mol. The maximum Gasteiger partial charge on any atom is 0.343 e. The van der Waals surface area contributed by atoms with Gasteiger partial charge in [0, 0.05) is 0 Å². The van der Waals surface area contributed by atoms with Crippen molar-refractivity contribution in [1.82, 2.24) is 0 Å². The molecular formula is C18H12N2O3. The van der Waals surface area contributed by atoms with Crippen molar-refractivity contribution in [3.05, 3.63) is 71.3 Å². The van der Waals surface area contributed by atoms with Crippen LogP contribution in [0.4, 0.5) is 0 Å². The van der Waals surface area contributed by atoms with Gasteiger partial charge in [0.05, 0.1) is 5.56 Å². The molecule has 23 heavy (non-hydrogen) atoms. The van der Waals surface area contributed by atoms with Gasteiger partial charge < -0.3 is 9.84 Å². The van der Waals surface area contributed by atoms with Crippen molar-refractivity contribution >= 4 is 5.97 Å². The molecule has 0 heterocycles. The Bertz CT molecular complexity index is 840. The Kier molecular flexibility index (Phi) is 4.76. The van der Waals surface area contributed by atoms with Crippen molar-refractivity contribution < 1.29 is 14.6 Å². The lowest BCUT2D eigenvalue weighted by molar-refractivity contribution is 0.0734. The van der Waals surface area contributed by atoms with E-state index in [9.17, 15) is 9.90 Å². The number of nitriles is 2. The molecule has 2 rings (SSSR count). The highest BCUT2D eigenvalue weighted by Gasteiger charge is 2.17. The van der Waals surface area contributed by atoms with Crippen LogP contribution in [0.2, 0.25) is 0 Å². The van der Waals surface area contributed by atoms with Gasteiger partial charge in [0.15, 0.2) is 5.75 Å². The molecular weight excluding hydrogens is 292 g/mol. The van der Waals surface area contributed by atoms with E-state index in [1.165, 1.54) is 12.1 Å². The number of carbonyl (C=O) groups excluding carboxylic acids is 1. The molecule has 1 N–H and O–H groups in total. The van der Waals surface area contributed by atoms with Crippen LogP contribution in [-0.2, 0) is 6.42 Å². The molecule has 0 atom stereocenters. The number of phenols is 1. The first-order chi connectivity index (χ1) is 11.1. The van der Waals surface area contributed by atoms with E-state index in [4.69, 9.17) is 15.3 Å². The van der Waals surface area contributed by atoms with Gasteiger partial charge in [-0.05, 0) is 36.2 Å². The van der Waals surface area contributed by atoms with Crippen molar-refractivity contribution in [3.8, 4) is 23.6 Å². The average Bonchev–Trinajstić information content (AvgIpc) is 2.56. The topological polar surface area (TPSA) is 94.1 Å². The van der Waals surface area contributed by atoms with Gasteiger partial charge in [-0.2, -0.15) is 10.5 Å². The number of phenolic OH excluding ortho intramolecular Hbond substituents is 1. The third-order valence-electron chi connectivity index (χ3n) is 3.14. The average molecular weight is 304 g/mol. The number of allylic oxidation sites excluding steroid dienone is 1. The standard InChI is InChI=1S/C18H12N2O3/c1-2-3-12-4-6-13(7-5-12)18(22)23-17-9-8-16(21)14(10-19)15(17)11-20/h2,4-9,21H,1,3H2. The summed E-state index contributed by atoms with van der Waals surface area (Å²) in [5.41, 5.74) is 0.919. The molecule has 2 aromatic carbocycles. The smallest absolute Gasteiger partial charge is 0.343 e. The highest BCUT2D eigenvalue weighted by molar-refractivity contribution is 5.91. The zero-order valence-corrected chi connectivity index (χ0v) is 12.1. The number of nitrogens with zero attached hydrogens (tertiary/aromatic N) is 2. The van der Waals surface area contributed by atoms with Crippen LogP contribution in [0.3, 0.4) is 0 Å². The highest BCUT2D eigenvalue weighted by Crippen LogP contribution is 2.29. The van der Waals surface area contributed by atoms with Gasteiger partial charge in [0.25, 0.3) is 0 Å². The molecule has 0 aromatic heterocycles. The predicted molar refractivity (Wildman–Crippen MR) is 82.8 cm³/mol. The number of aromatic hydroxyl groups is 1. The molecule has 0 aliphatic rings. The van der Waals surface area contributed by atoms with Crippen LogP contribution >= 0.6 is 0 Å². The van der Waals surface area contributed by atoms with Crippen LogP contribution in [-0.4, -0.2) is 11.1 Å². The maximum atomic E-state index is 12.1. The number of hydrogen-bond acceptors (Lipinski definition) is 5. The number of benzene rings is 2. The molecule has 0 aliphatic heterocycles. The predicted octanol–water partition coefficient (Wildman–Crippen LogP) is 3.08. The van der Waals surface area contributed by atoms with Crippen molar-refractivity contribution in [2.75, 3.05) is 0 Å². The Labute approximate surface area is 133 Å². The van der Waals surface area contributed by atoms with Crippen LogP contribution in [0, 0.1) is 22.7 Å². The van der Waals surface area contributed by atoms with Crippen LogP contribution in [0.1, 0.15) is 27.0 Å². The fraction of sp³-hybridized carbons (Fsp3) is 0.0556. The minimum atomic E-state index is -0.652. The molecule has 0 saturated carbocycles. The van der Waals surface area contributed by atoms with Crippen molar-refractivity contribution in [1.29, 1.82) is 10.5 Å². The molecule has 0 bridgehead atoms. The van der Waals surface area contributed by atoms with Gasteiger partial charge in [-0.3, -0.25) is 0 Å². The van der Waals surface area contributed by atoms with Crippen LogP contribution < -0.4 is 4.74 Å². The molecule has 0 spiro atoms. The lowest BCUT2D eigenvalue weighted by Crippen LogP contribution is -2.10. The third kappa shape index (κ3) is 3.37. The summed E-state index contributed by atoms with van der Waals surface area (Å²) in [5.74, 6) is -1.05. The Morgan fingerprint density at radius 2 is 1.78 bits per heavy atom. The first-order valence-corrected chi connectivity index (χ1v) is 6.69. The second-order valence-corrected chi connectivity index (χ2v) is 4.64. The zero-order valence-electron chi connectivity index (χ0n) is 12.1. The maximum absolute atomic E-state index is 12.1. The largest absolute Gasteiger partial charge is 0.507 e. The van der Waals surface area contributed by atoms with Crippen LogP contribution in [0.15, 0.2) is 49.1 Å². The lowest BCUT2D eigenvalue weighted by Gasteiger charge is -2.08. The van der Waals surface area contributed by atoms with Crippen LogP contribution in [0.5, 0.6) is 11.5 Å². The second kappa shape index (κ2) is 6.93. The first kappa shape index (κ1) is 15.8. The number of hydrogen-bond donors (Lipinski definition) is 1. The van der Waals surface area contributed by atoms with E-state index in [0.717, 1.165) is 5.56 Å². The van der Waals surface area contributed by atoms with Crippen molar-refractivity contribution in [2.24, 2.45) is 0 Å². The van der Waals surface area contributed by atoms with E-state index < -0.39 is 5.97 Å². The third-order valence-corrected chi connectivity index (χ3v) is 3.14. The SMILES string of the molecule is C=CCc1ccc(C(=O)Oc2ccc(O)c(C#N)c2C#N)cc1. The van der Waals surface area contributed by atoms with Gasteiger partial charge in [-0.25, -0.2) is 4.79 Å². The summed E-state index contributed by atoms with van der Waals surface area (Å²) >= 11 is 0. The van der Waals surface area contributed by atoms with Crippen molar-refractivity contribution in [2.45, 2.75) is 6.42 Å². The molecule has 0 fully saturated rings. The molecule has 5 nitrogen and oxygen atoms in total. The fourth-order valence-electron chi connectivity index (χ4n) is 1.98. The van der Waals surface area contributed by atoms with E-state index in [-0.39, 0.29) is 22.6 Å². The Balaban J connectivity index is 2.29. The molecule has 0 unspecified atom stereocenters. The van der Waals surface area contributed by atoms with Gasteiger partial charge in [-0.15, -0.1) is 6.58 Å². The molecule has 2 aromatic rings. The van der Waals surface area contributed by atoms with Gasteiger partial charge in [0.1, 0.15) is 29.0 Å². The summed E-state index contributed by atoms with van der Waals surface area (Å²) in [5, 5.41) is 27.7. The van der Waals surface area contributed by atoms with E-state index in [1.54, 1.807) is 42.5 Å². The van der Waals surface area contributed by atoms with E-state index in [2.05, 4.69) is 6.58 Å². The Morgan fingerprint density at radius 3 is 2.35 bits per heavy atom. The van der Waals surface area contributed by atoms with E-state index in [0.29, 0.717) is 12.0 Å². The first-order valence-electron chi connectivity index (χ1n) is 6.69. The van der Waals surface area contributed by atoms with E-state index >= 15 is 0 Å². The summed E-state index contributed by atoms with van der Waals surface area (Å²) in [6.45, 7) is 3.64. The molecule has 112 valence electrons. The number of esters is 1. The number of ether oxygens (including phenoxy) is 1. The Hall–Kier alpha value is -3.57. The van der Waals surface area contributed by atoms with Gasteiger partial charge in [-0.1, -0.05) is 18.2 Å².